The van der Waals surface area contributed by atoms with Crippen molar-refractivity contribution in [3.05, 3.63) is 80.4 Å². The topological polar surface area (TPSA) is 50.6 Å². The molecule has 2 heterocycles. The van der Waals surface area contributed by atoms with Gasteiger partial charge in [0.05, 0.1) is 6.54 Å². The highest BCUT2D eigenvalue weighted by Gasteiger charge is 2.11. The summed E-state index contributed by atoms with van der Waals surface area (Å²) in [5, 5.41) is 9.57. The molecule has 0 bridgehead atoms. The number of nitrogens with zero attached hydrogens (tertiary/aromatic N) is 3. The highest BCUT2D eigenvalue weighted by molar-refractivity contribution is 7.71. The van der Waals surface area contributed by atoms with Crippen LogP contribution in [0.1, 0.15) is 23.9 Å². The zero-order valence-corrected chi connectivity index (χ0v) is 17.6. The van der Waals surface area contributed by atoms with Crippen LogP contribution in [0.25, 0.3) is 10.9 Å². The molecular weight excluding hydrogens is 413 g/mol. The summed E-state index contributed by atoms with van der Waals surface area (Å²) < 4.78 is 4.60. The van der Waals surface area contributed by atoms with E-state index in [9.17, 15) is 0 Å². The van der Waals surface area contributed by atoms with Crippen molar-refractivity contribution in [1.82, 2.24) is 19.4 Å². The molecule has 0 aliphatic carbocycles. The maximum atomic E-state index is 6.38. The first-order valence-electron chi connectivity index (χ1n) is 8.97. The van der Waals surface area contributed by atoms with Gasteiger partial charge >= 0.3 is 0 Å². The van der Waals surface area contributed by atoms with Gasteiger partial charge in [0.25, 0.3) is 0 Å². The van der Waals surface area contributed by atoms with E-state index in [0.29, 0.717) is 27.9 Å². The first-order valence-corrected chi connectivity index (χ1v) is 10.1. The second-order valence-corrected chi connectivity index (χ2v) is 7.73. The molecule has 4 rings (SSSR count). The Balaban J connectivity index is 1.66. The molecule has 2 aromatic carbocycles. The highest BCUT2D eigenvalue weighted by Crippen LogP contribution is 2.26. The number of halogens is 2. The van der Waals surface area contributed by atoms with Gasteiger partial charge in [-0.2, -0.15) is 5.10 Å². The van der Waals surface area contributed by atoms with Crippen LogP contribution in [0.5, 0.6) is 0 Å². The van der Waals surface area contributed by atoms with Crippen molar-refractivity contribution < 1.29 is 0 Å². The third-order valence-corrected chi connectivity index (χ3v) is 5.57. The average molecular weight is 432 g/mol. The molecule has 0 aliphatic rings. The molecule has 5 nitrogen and oxygen atoms in total. The quantitative estimate of drug-likeness (QED) is 0.393. The zero-order valence-electron chi connectivity index (χ0n) is 15.2. The number of fused-ring (bicyclic) bond motifs is 1. The fourth-order valence-electron chi connectivity index (χ4n) is 3.32. The number of hydrogen-bond donors (Lipinski definition) is 2. The van der Waals surface area contributed by atoms with Gasteiger partial charge in [0.15, 0.2) is 5.82 Å². The predicted molar refractivity (Wildman–Crippen MR) is 117 cm³/mol. The first kappa shape index (κ1) is 19.1. The number of rotatable bonds is 6. The first-order chi connectivity index (χ1) is 13.6. The van der Waals surface area contributed by atoms with Gasteiger partial charge in [0.2, 0.25) is 4.77 Å². The summed E-state index contributed by atoms with van der Waals surface area (Å²) in [5.74, 6) is 0.877. The number of aromatic amines is 1. The monoisotopic (exact) mass is 431 g/mol. The number of hydrogen-bond acceptors (Lipinski definition) is 3. The SMILES string of the molecule is CCc1n[nH]c(=S)n1NCc1cn(Cc2ccc(Cl)cc2Cl)c2ccccc12. The van der Waals surface area contributed by atoms with Gasteiger partial charge in [-0.05, 0) is 41.5 Å². The van der Waals surface area contributed by atoms with E-state index < -0.39 is 0 Å². The van der Waals surface area contributed by atoms with E-state index in [4.69, 9.17) is 35.4 Å². The van der Waals surface area contributed by atoms with Crippen LogP contribution in [-0.2, 0) is 19.5 Å². The summed E-state index contributed by atoms with van der Waals surface area (Å²) in [6, 6.07) is 13.9. The van der Waals surface area contributed by atoms with E-state index in [0.717, 1.165) is 23.3 Å². The van der Waals surface area contributed by atoms with Gasteiger partial charge in [-0.3, -0.25) is 5.10 Å². The fourth-order valence-corrected chi connectivity index (χ4v) is 4.01. The minimum Gasteiger partial charge on any atom is -0.343 e. The van der Waals surface area contributed by atoms with Crippen molar-refractivity contribution in [3.63, 3.8) is 0 Å². The molecule has 0 radical (unpaired) electrons. The second-order valence-electron chi connectivity index (χ2n) is 6.50. The summed E-state index contributed by atoms with van der Waals surface area (Å²) in [5.41, 5.74) is 6.73. The zero-order chi connectivity index (χ0) is 19.7. The van der Waals surface area contributed by atoms with Crippen LogP contribution in [-0.4, -0.2) is 19.4 Å². The molecular formula is C20H19Cl2N5S. The molecule has 28 heavy (non-hydrogen) atoms. The van der Waals surface area contributed by atoms with Gasteiger partial charge in [-0.15, -0.1) is 0 Å². The third-order valence-electron chi connectivity index (χ3n) is 4.71. The molecule has 0 fully saturated rings. The number of nitrogens with one attached hydrogen (secondary N) is 2. The standard InChI is InChI=1S/C20H19Cl2N5S/c1-2-19-24-25-20(28)27(19)23-10-14-12-26(18-6-4-3-5-16(14)18)11-13-7-8-15(21)9-17(13)22/h3-9,12,23H,2,10-11H2,1H3,(H,25,28). The molecule has 144 valence electrons. The Bertz CT molecular complexity index is 1190. The van der Waals surface area contributed by atoms with Crippen molar-refractivity contribution in [2.24, 2.45) is 0 Å². The average Bonchev–Trinajstić information content (AvgIpc) is 3.22. The summed E-state index contributed by atoms with van der Waals surface area (Å²) in [7, 11) is 0. The van der Waals surface area contributed by atoms with Gasteiger partial charge in [-0.1, -0.05) is 54.4 Å². The molecule has 2 N–H and O–H groups in total. The lowest BCUT2D eigenvalue weighted by Crippen LogP contribution is -2.17. The van der Waals surface area contributed by atoms with E-state index >= 15 is 0 Å². The van der Waals surface area contributed by atoms with Crippen LogP contribution < -0.4 is 5.43 Å². The van der Waals surface area contributed by atoms with E-state index in [2.05, 4.69) is 38.5 Å². The number of aryl methyl sites for hydroxylation is 1. The van der Waals surface area contributed by atoms with Crippen LogP contribution in [0.3, 0.4) is 0 Å². The molecule has 0 saturated carbocycles. The largest absolute Gasteiger partial charge is 0.343 e. The lowest BCUT2D eigenvalue weighted by atomic mass is 10.2. The van der Waals surface area contributed by atoms with Gasteiger partial charge in [0.1, 0.15) is 0 Å². The maximum Gasteiger partial charge on any atom is 0.214 e. The number of aromatic nitrogens is 4. The summed E-state index contributed by atoms with van der Waals surface area (Å²) >= 11 is 17.7. The van der Waals surface area contributed by atoms with Crippen LogP contribution in [0, 0.1) is 4.77 Å². The third kappa shape index (κ3) is 3.68. The van der Waals surface area contributed by atoms with Crippen LogP contribution in [0.4, 0.5) is 0 Å². The molecule has 8 heteroatoms. The van der Waals surface area contributed by atoms with E-state index in [1.54, 1.807) is 6.07 Å². The van der Waals surface area contributed by atoms with Crippen molar-refractivity contribution >= 4 is 46.3 Å². The van der Waals surface area contributed by atoms with Crippen molar-refractivity contribution in [2.75, 3.05) is 5.43 Å². The lowest BCUT2D eigenvalue weighted by Gasteiger charge is -2.08. The molecule has 0 saturated heterocycles. The predicted octanol–water partition coefficient (Wildman–Crippen LogP) is 5.56. The van der Waals surface area contributed by atoms with Crippen LogP contribution >= 0.6 is 35.4 Å². The molecule has 0 aliphatic heterocycles. The minimum absolute atomic E-state index is 0.563. The Kier molecular flexibility index (Phi) is 5.44. The van der Waals surface area contributed by atoms with E-state index in [1.807, 2.05) is 35.9 Å². The highest BCUT2D eigenvalue weighted by atomic mass is 35.5. The van der Waals surface area contributed by atoms with Gasteiger partial charge < -0.3 is 9.99 Å². The van der Waals surface area contributed by atoms with Crippen LogP contribution in [0.15, 0.2) is 48.7 Å². The molecule has 0 atom stereocenters. The Hall–Kier alpha value is -2.28. The number of H-pyrrole nitrogens is 1. The Morgan fingerprint density at radius 2 is 1.96 bits per heavy atom. The molecule has 0 amide bonds. The number of para-hydroxylation sites is 1. The van der Waals surface area contributed by atoms with Gasteiger partial charge in [0, 0.05) is 40.1 Å². The van der Waals surface area contributed by atoms with E-state index in [1.165, 1.54) is 10.9 Å². The fraction of sp³-hybridized carbons (Fsp3) is 0.200. The number of benzene rings is 2. The Morgan fingerprint density at radius 3 is 2.75 bits per heavy atom. The second kappa shape index (κ2) is 7.99. The molecule has 0 spiro atoms. The van der Waals surface area contributed by atoms with Crippen molar-refractivity contribution in [3.8, 4) is 0 Å². The smallest absolute Gasteiger partial charge is 0.214 e. The van der Waals surface area contributed by atoms with Crippen LogP contribution in [0.2, 0.25) is 10.0 Å². The molecule has 4 aromatic rings. The molecule has 2 aromatic heterocycles. The lowest BCUT2D eigenvalue weighted by molar-refractivity contribution is 0.760. The summed E-state index contributed by atoms with van der Waals surface area (Å²) in [6.45, 7) is 3.34. The van der Waals surface area contributed by atoms with E-state index in [-0.39, 0.29) is 0 Å². The summed E-state index contributed by atoms with van der Waals surface area (Å²) in [6.07, 6.45) is 2.94. The van der Waals surface area contributed by atoms with Crippen molar-refractivity contribution in [2.45, 2.75) is 26.4 Å². The normalized spacial score (nSPS) is 11.2. The summed E-state index contributed by atoms with van der Waals surface area (Å²) in [4.78, 5) is 0. The minimum atomic E-state index is 0.563. The van der Waals surface area contributed by atoms with Crippen molar-refractivity contribution in [1.29, 1.82) is 0 Å². The van der Waals surface area contributed by atoms with Gasteiger partial charge in [-0.25, -0.2) is 4.68 Å². The Morgan fingerprint density at radius 1 is 1.14 bits per heavy atom. The maximum absolute atomic E-state index is 6.38. The molecule has 0 unspecified atom stereocenters. The Labute approximate surface area is 177 Å².